The highest BCUT2D eigenvalue weighted by Gasteiger charge is 2.17. The highest BCUT2D eigenvalue weighted by Crippen LogP contribution is 2.22. The smallest absolute Gasteiger partial charge is 0.121 e. The molecule has 0 aliphatic carbocycles. The van der Waals surface area contributed by atoms with Gasteiger partial charge in [-0.3, -0.25) is 0 Å². The zero-order valence-electron chi connectivity index (χ0n) is 17.6. The molecule has 0 fully saturated rings. The van der Waals surface area contributed by atoms with Gasteiger partial charge in [0.15, 0.2) is 0 Å². The maximum atomic E-state index is 10.3. The molecule has 0 saturated carbocycles. The summed E-state index contributed by atoms with van der Waals surface area (Å²) in [6.45, 7) is 6.01. The summed E-state index contributed by atoms with van der Waals surface area (Å²) in [6, 6.07) is 15.2. The van der Waals surface area contributed by atoms with Crippen LogP contribution in [0.2, 0.25) is 0 Å². The van der Waals surface area contributed by atoms with E-state index in [1.807, 2.05) is 6.07 Å². The van der Waals surface area contributed by atoms with Gasteiger partial charge in [-0.1, -0.05) is 36.4 Å². The minimum Gasteiger partial charge on any atom is -0.508 e. The summed E-state index contributed by atoms with van der Waals surface area (Å²) in [6.07, 6.45) is 3.31. The molecule has 1 atom stereocenters. The molecular formula is C24H35NO4. The lowest BCUT2D eigenvalue weighted by Crippen LogP contribution is -2.26. The van der Waals surface area contributed by atoms with Gasteiger partial charge in [0.05, 0.1) is 24.9 Å². The van der Waals surface area contributed by atoms with Crippen molar-refractivity contribution >= 4 is 0 Å². The van der Waals surface area contributed by atoms with Gasteiger partial charge in [-0.15, -0.1) is 0 Å². The molecule has 0 aromatic heterocycles. The highest BCUT2D eigenvalue weighted by atomic mass is 16.5. The predicted molar refractivity (Wildman–Crippen MR) is 116 cm³/mol. The number of hydrogen-bond acceptors (Lipinski definition) is 5. The Hall–Kier alpha value is -1.92. The molecule has 0 bridgehead atoms. The van der Waals surface area contributed by atoms with E-state index < -0.39 is 6.10 Å². The second-order valence-electron chi connectivity index (χ2n) is 8.07. The first-order valence-electron chi connectivity index (χ1n) is 10.4. The molecule has 1 unspecified atom stereocenters. The van der Waals surface area contributed by atoms with Gasteiger partial charge in [-0.2, -0.15) is 0 Å². The van der Waals surface area contributed by atoms with Crippen LogP contribution < -0.4 is 5.32 Å². The number of hydrogen-bond donors (Lipinski definition) is 4. The van der Waals surface area contributed by atoms with Crippen LogP contribution >= 0.6 is 0 Å². The molecule has 0 aliphatic rings. The maximum absolute atomic E-state index is 10.3. The molecule has 2 aromatic carbocycles. The normalized spacial score (nSPS) is 12.8. The fourth-order valence-corrected chi connectivity index (χ4v) is 3.26. The first-order valence-corrected chi connectivity index (χ1v) is 10.4. The number of aromatic hydroxyl groups is 1. The summed E-state index contributed by atoms with van der Waals surface area (Å²) in [5.41, 5.74) is 2.27. The summed E-state index contributed by atoms with van der Waals surface area (Å²) in [4.78, 5) is 0. The summed E-state index contributed by atoms with van der Waals surface area (Å²) < 4.78 is 6.07. The highest BCUT2D eigenvalue weighted by molar-refractivity contribution is 5.36. The Labute approximate surface area is 174 Å². The number of nitrogens with one attached hydrogen (secondary N) is 1. The van der Waals surface area contributed by atoms with Crippen LogP contribution in [0, 0.1) is 0 Å². The Morgan fingerprint density at radius 1 is 1.07 bits per heavy atom. The van der Waals surface area contributed by atoms with E-state index in [-0.39, 0.29) is 18.0 Å². The summed E-state index contributed by atoms with van der Waals surface area (Å²) in [5.74, 6) is 0.0463. The van der Waals surface area contributed by atoms with E-state index in [9.17, 15) is 15.3 Å². The fraction of sp³-hybridized carbons (Fsp3) is 0.500. The molecule has 2 rings (SSSR count). The van der Waals surface area contributed by atoms with Crippen molar-refractivity contribution < 1.29 is 20.1 Å². The first-order chi connectivity index (χ1) is 13.9. The lowest BCUT2D eigenvalue weighted by Gasteiger charge is -2.25. The molecule has 160 valence electrons. The van der Waals surface area contributed by atoms with E-state index in [1.165, 1.54) is 11.6 Å². The fourth-order valence-electron chi connectivity index (χ4n) is 3.26. The number of aliphatic hydroxyl groups excluding tert-OH is 2. The van der Waals surface area contributed by atoms with Crippen molar-refractivity contribution in [2.45, 2.75) is 57.8 Å². The molecule has 5 heteroatoms. The third-order valence-electron chi connectivity index (χ3n) is 5.11. The van der Waals surface area contributed by atoms with Gasteiger partial charge in [0, 0.05) is 12.1 Å². The topological polar surface area (TPSA) is 82.0 Å². The van der Waals surface area contributed by atoms with Gasteiger partial charge in [-0.25, -0.2) is 0 Å². The molecule has 5 nitrogen and oxygen atoms in total. The van der Waals surface area contributed by atoms with E-state index in [1.54, 1.807) is 12.1 Å². The number of phenols is 1. The number of rotatable bonds is 13. The Morgan fingerprint density at radius 3 is 2.55 bits per heavy atom. The van der Waals surface area contributed by atoms with Crippen LogP contribution in [0.15, 0.2) is 48.5 Å². The van der Waals surface area contributed by atoms with Gasteiger partial charge in [0.1, 0.15) is 5.75 Å². The van der Waals surface area contributed by atoms with Crippen LogP contribution in [0.25, 0.3) is 0 Å². The van der Waals surface area contributed by atoms with Crippen LogP contribution in [0.5, 0.6) is 5.75 Å². The van der Waals surface area contributed by atoms with Gasteiger partial charge in [0.25, 0.3) is 0 Å². The van der Waals surface area contributed by atoms with Crippen molar-refractivity contribution in [3.05, 3.63) is 65.2 Å². The van der Waals surface area contributed by atoms with Crippen LogP contribution in [-0.2, 0) is 17.8 Å². The van der Waals surface area contributed by atoms with Crippen molar-refractivity contribution in [3.8, 4) is 5.75 Å². The lowest BCUT2D eigenvalue weighted by atomic mass is 10.0. The van der Waals surface area contributed by atoms with Crippen molar-refractivity contribution in [1.82, 2.24) is 5.32 Å². The summed E-state index contributed by atoms with van der Waals surface area (Å²) >= 11 is 0. The van der Waals surface area contributed by atoms with E-state index in [0.717, 1.165) is 38.8 Å². The average Bonchev–Trinajstić information content (AvgIpc) is 2.71. The molecule has 0 saturated heterocycles. The van der Waals surface area contributed by atoms with E-state index in [2.05, 4.69) is 43.4 Å². The van der Waals surface area contributed by atoms with Crippen molar-refractivity contribution in [1.29, 1.82) is 0 Å². The number of benzene rings is 2. The van der Waals surface area contributed by atoms with Gasteiger partial charge >= 0.3 is 0 Å². The van der Waals surface area contributed by atoms with Gasteiger partial charge in [0.2, 0.25) is 0 Å². The summed E-state index contributed by atoms with van der Waals surface area (Å²) in [5, 5.41) is 32.3. The zero-order chi connectivity index (χ0) is 21.1. The molecule has 0 radical (unpaired) electrons. The van der Waals surface area contributed by atoms with Gasteiger partial charge < -0.3 is 25.4 Å². The Balaban J connectivity index is 1.58. The molecule has 4 N–H and O–H groups in total. The van der Waals surface area contributed by atoms with Crippen molar-refractivity contribution in [2.24, 2.45) is 0 Å². The molecule has 2 aromatic rings. The largest absolute Gasteiger partial charge is 0.508 e. The molecule has 0 aliphatic heterocycles. The van der Waals surface area contributed by atoms with E-state index in [4.69, 9.17) is 4.74 Å². The molecule has 0 spiro atoms. The Morgan fingerprint density at radius 2 is 1.83 bits per heavy atom. The van der Waals surface area contributed by atoms with E-state index >= 15 is 0 Å². The maximum Gasteiger partial charge on any atom is 0.121 e. The minimum absolute atomic E-state index is 0.0463. The third-order valence-corrected chi connectivity index (χ3v) is 5.11. The quantitative estimate of drug-likeness (QED) is 0.385. The van der Waals surface area contributed by atoms with E-state index in [0.29, 0.717) is 17.7 Å². The Kier molecular flexibility index (Phi) is 9.61. The monoisotopic (exact) mass is 401 g/mol. The third kappa shape index (κ3) is 8.54. The summed E-state index contributed by atoms with van der Waals surface area (Å²) in [7, 11) is 0. The zero-order valence-corrected chi connectivity index (χ0v) is 17.6. The molecule has 0 amide bonds. The second-order valence-corrected chi connectivity index (χ2v) is 8.07. The SMILES string of the molecule is CC(C)(CCCCNCC(O)c1ccc(O)c(CO)c1)OCCc1ccccc1. The molecule has 0 heterocycles. The first kappa shape index (κ1) is 23.4. The molecular weight excluding hydrogens is 366 g/mol. The van der Waals surface area contributed by atoms with Crippen molar-refractivity contribution in [3.63, 3.8) is 0 Å². The van der Waals surface area contributed by atoms with Crippen LogP contribution in [-0.4, -0.2) is 40.6 Å². The number of ether oxygens (including phenoxy) is 1. The predicted octanol–water partition coefficient (Wildman–Crippen LogP) is 3.72. The Bertz CT molecular complexity index is 718. The van der Waals surface area contributed by atoms with Crippen LogP contribution in [0.4, 0.5) is 0 Å². The van der Waals surface area contributed by atoms with Gasteiger partial charge in [-0.05, 0) is 69.3 Å². The average molecular weight is 402 g/mol. The number of aliphatic hydroxyl groups is 2. The second kappa shape index (κ2) is 11.9. The minimum atomic E-state index is -0.668. The number of unbranched alkanes of at least 4 members (excludes halogenated alkanes) is 1. The van der Waals surface area contributed by atoms with Crippen molar-refractivity contribution in [2.75, 3.05) is 19.7 Å². The van der Waals surface area contributed by atoms with Crippen LogP contribution in [0.1, 0.15) is 55.9 Å². The van der Waals surface area contributed by atoms with Crippen LogP contribution in [0.3, 0.4) is 0 Å². The lowest BCUT2D eigenvalue weighted by molar-refractivity contribution is -0.0233. The standard InChI is InChI=1S/C24H35NO4/c1-24(2,29-15-12-19-8-4-3-5-9-19)13-6-7-14-25-17-23(28)20-10-11-22(27)21(16-20)18-26/h3-5,8-11,16,23,25-28H,6-7,12-15,17-18H2,1-2H3. The molecule has 29 heavy (non-hydrogen) atoms.